The van der Waals surface area contributed by atoms with Crippen LogP contribution in [0.5, 0.6) is 0 Å². The van der Waals surface area contributed by atoms with E-state index in [1.54, 1.807) is 6.21 Å². The highest BCUT2D eigenvalue weighted by molar-refractivity contribution is 7.32. The maximum atomic E-state index is 10.1. The molecular formula is C12H19NO3P+. The van der Waals surface area contributed by atoms with Gasteiger partial charge in [0.25, 0.3) is 0 Å². The molecule has 0 aliphatic carbocycles. The van der Waals surface area contributed by atoms with Gasteiger partial charge in [-0.1, -0.05) is 61.5 Å². The molecule has 94 valence electrons. The first-order valence-electron chi connectivity index (χ1n) is 5.54. The molecule has 1 N–H and O–H groups in total. The molecule has 0 saturated heterocycles. The summed E-state index contributed by atoms with van der Waals surface area (Å²) in [7, 11) is -2.54. The second-order valence-corrected chi connectivity index (χ2v) is 3.95. The van der Waals surface area contributed by atoms with Gasteiger partial charge >= 0.3 is 8.25 Å². The molecule has 4 nitrogen and oxygen atoms in total. The topological polar surface area (TPSA) is 58.9 Å². The Hall–Kier alpha value is -1.09. The minimum atomic E-state index is -2.54. The number of rotatable bonds is 5. The van der Waals surface area contributed by atoms with E-state index in [0.717, 1.165) is 5.56 Å². The molecule has 1 rings (SSSR count). The highest BCUT2D eigenvalue weighted by Gasteiger charge is 2.08. The van der Waals surface area contributed by atoms with Crippen molar-refractivity contribution in [2.75, 3.05) is 6.73 Å². The van der Waals surface area contributed by atoms with Gasteiger partial charge in [-0.05, 0) is 5.56 Å². The van der Waals surface area contributed by atoms with Gasteiger partial charge in [0.15, 0.2) is 6.73 Å². The Morgan fingerprint density at radius 3 is 2.35 bits per heavy atom. The number of unbranched alkanes of at least 4 members (excludes halogenated alkanes) is 1. The lowest BCUT2D eigenvalue weighted by molar-refractivity contribution is 0.292. The average molecular weight is 256 g/mol. The lowest BCUT2D eigenvalue weighted by atomic mass is 10.2. The van der Waals surface area contributed by atoms with Crippen LogP contribution >= 0.6 is 8.25 Å². The summed E-state index contributed by atoms with van der Waals surface area (Å²) in [6, 6.07) is 9.42. The number of benzene rings is 1. The summed E-state index contributed by atoms with van der Waals surface area (Å²) in [5.74, 6) is 0. The molecule has 17 heavy (non-hydrogen) atoms. The second kappa shape index (κ2) is 11.4. The minimum Gasteiger partial charge on any atom is -0.259 e. The van der Waals surface area contributed by atoms with Crippen molar-refractivity contribution in [2.45, 2.75) is 26.7 Å². The first-order valence-corrected chi connectivity index (χ1v) is 6.67. The first-order chi connectivity index (χ1) is 8.20. The Balaban J connectivity index is 0.000000557. The molecule has 0 saturated carbocycles. The zero-order valence-electron chi connectivity index (χ0n) is 10.2. The zero-order chi connectivity index (χ0) is 12.9. The van der Waals surface area contributed by atoms with Crippen LogP contribution in [-0.4, -0.2) is 17.8 Å². The Labute approximate surface area is 103 Å². The monoisotopic (exact) mass is 256 g/mol. The van der Waals surface area contributed by atoms with E-state index in [-0.39, 0.29) is 6.73 Å². The molecule has 1 atom stereocenters. The summed E-state index contributed by atoms with van der Waals surface area (Å²) in [5, 5.41) is 0. The number of aliphatic imine (C=N–C) groups is 1. The fourth-order valence-electron chi connectivity index (χ4n) is 0.765. The van der Waals surface area contributed by atoms with E-state index in [2.05, 4.69) is 23.4 Å². The molecule has 5 heteroatoms. The van der Waals surface area contributed by atoms with Gasteiger partial charge in [-0.25, -0.2) is 0 Å². The fraction of sp³-hybridized carbons (Fsp3) is 0.417. The Bertz CT molecular complexity index is 326. The standard InChI is InChI=1S/C8H8NO3P.C4H10/c10-13(11)12-7-9-6-8-4-2-1-3-5-8;1-3-4-2/h1-6H,7H2;3-4H2,1-2H3/p+1. The highest BCUT2D eigenvalue weighted by Crippen LogP contribution is 2.13. The molecule has 0 radical (unpaired) electrons. The van der Waals surface area contributed by atoms with E-state index < -0.39 is 8.25 Å². The van der Waals surface area contributed by atoms with Gasteiger partial charge in [-0.15, -0.1) is 4.89 Å². The summed E-state index contributed by atoms with van der Waals surface area (Å²) in [6.45, 7) is 4.26. The predicted molar refractivity (Wildman–Crippen MR) is 70.4 cm³/mol. The van der Waals surface area contributed by atoms with Crippen LogP contribution < -0.4 is 0 Å². The van der Waals surface area contributed by atoms with Crippen molar-refractivity contribution in [3.63, 3.8) is 0 Å². The van der Waals surface area contributed by atoms with Crippen molar-refractivity contribution in [2.24, 2.45) is 4.99 Å². The third-order valence-electron chi connectivity index (χ3n) is 1.78. The Morgan fingerprint density at radius 1 is 1.29 bits per heavy atom. The Kier molecular flexibility index (Phi) is 10.7. The predicted octanol–water partition coefficient (Wildman–Crippen LogP) is 3.54. The van der Waals surface area contributed by atoms with Gasteiger partial charge in [0, 0.05) is 10.8 Å². The summed E-state index contributed by atoms with van der Waals surface area (Å²) in [5.41, 5.74) is 0.930. The van der Waals surface area contributed by atoms with Crippen molar-refractivity contribution >= 4 is 14.5 Å². The number of nitrogens with zero attached hydrogens (tertiary/aromatic N) is 1. The van der Waals surface area contributed by atoms with Crippen LogP contribution in [0, 0.1) is 0 Å². The van der Waals surface area contributed by atoms with E-state index in [1.165, 1.54) is 12.8 Å². The van der Waals surface area contributed by atoms with Gasteiger partial charge < -0.3 is 0 Å². The van der Waals surface area contributed by atoms with Crippen LogP contribution in [0.1, 0.15) is 32.3 Å². The molecule has 0 heterocycles. The van der Waals surface area contributed by atoms with Crippen molar-refractivity contribution in [1.29, 1.82) is 0 Å². The molecule has 0 amide bonds. The maximum Gasteiger partial charge on any atom is 0.696 e. The van der Waals surface area contributed by atoms with Gasteiger partial charge in [-0.3, -0.25) is 4.99 Å². The van der Waals surface area contributed by atoms with E-state index in [4.69, 9.17) is 4.89 Å². The summed E-state index contributed by atoms with van der Waals surface area (Å²) >= 11 is 0. The molecule has 0 aromatic heterocycles. The van der Waals surface area contributed by atoms with Gasteiger partial charge in [0.1, 0.15) is 0 Å². The largest absolute Gasteiger partial charge is 0.696 e. The average Bonchev–Trinajstić information content (AvgIpc) is 2.36. The second-order valence-electron chi connectivity index (χ2n) is 3.22. The van der Waals surface area contributed by atoms with Crippen molar-refractivity contribution in [3.8, 4) is 0 Å². The van der Waals surface area contributed by atoms with Crippen molar-refractivity contribution < 1.29 is 14.0 Å². The van der Waals surface area contributed by atoms with Crippen LogP contribution in [0.3, 0.4) is 0 Å². The summed E-state index contributed by atoms with van der Waals surface area (Å²) < 4.78 is 14.4. The molecule has 0 aliphatic rings. The Morgan fingerprint density at radius 2 is 1.88 bits per heavy atom. The molecule has 0 spiro atoms. The van der Waals surface area contributed by atoms with E-state index in [1.807, 2.05) is 30.3 Å². The number of hydrogen-bond acceptors (Lipinski definition) is 3. The molecule has 1 aromatic rings. The van der Waals surface area contributed by atoms with Gasteiger partial charge in [-0.2, -0.15) is 0 Å². The van der Waals surface area contributed by atoms with Crippen LogP contribution in [0.25, 0.3) is 0 Å². The minimum absolute atomic E-state index is 0.0966. The van der Waals surface area contributed by atoms with Crippen molar-refractivity contribution in [3.05, 3.63) is 35.9 Å². The van der Waals surface area contributed by atoms with Crippen LogP contribution in [0.2, 0.25) is 0 Å². The normalized spacial score (nSPS) is 10.9. The molecular weight excluding hydrogens is 237 g/mol. The number of hydrogen-bond donors (Lipinski definition) is 1. The summed E-state index contributed by atoms with van der Waals surface area (Å²) in [4.78, 5) is 12.1. The SMILES string of the molecule is CCCC.O=[P+](O)OCN=Cc1ccccc1. The third-order valence-corrected chi connectivity index (χ3v) is 2.12. The van der Waals surface area contributed by atoms with Crippen LogP contribution in [-0.2, 0) is 9.09 Å². The van der Waals surface area contributed by atoms with E-state index >= 15 is 0 Å². The zero-order valence-corrected chi connectivity index (χ0v) is 11.1. The van der Waals surface area contributed by atoms with Crippen LogP contribution in [0.4, 0.5) is 0 Å². The van der Waals surface area contributed by atoms with Gasteiger partial charge in [0.2, 0.25) is 0 Å². The third kappa shape index (κ3) is 11.2. The molecule has 0 aliphatic heterocycles. The smallest absolute Gasteiger partial charge is 0.259 e. The van der Waals surface area contributed by atoms with E-state index in [0.29, 0.717) is 0 Å². The summed E-state index contributed by atoms with van der Waals surface area (Å²) in [6.07, 6.45) is 4.22. The molecule has 0 fully saturated rings. The van der Waals surface area contributed by atoms with E-state index in [9.17, 15) is 4.57 Å². The lowest BCUT2D eigenvalue weighted by Gasteiger charge is -1.88. The maximum absolute atomic E-state index is 10.1. The first kappa shape index (κ1) is 15.9. The quantitative estimate of drug-likeness (QED) is 0.647. The highest BCUT2D eigenvalue weighted by atomic mass is 31.1. The fourth-order valence-corrected chi connectivity index (χ4v) is 0.930. The molecule has 1 unspecified atom stereocenters. The van der Waals surface area contributed by atoms with Gasteiger partial charge in [0.05, 0.1) is 0 Å². The van der Waals surface area contributed by atoms with Crippen molar-refractivity contribution in [1.82, 2.24) is 0 Å². The molecule has 1 aromatic carbocycles. The van der Waals surface area contributed by atoms with Crippen LogP contribution in [0.15, 0.2) is 35.3 Å². The lowest BCUT2D eigenvalue weighted by Crippen LogP contribution is -1.84. The molecule has 0 bridgehead atoms.